The highest BCUT2D eigenvalue weighted by Crippen LogP contribution is 2.15. The van der Waals surface area contributed by atoms with E-state index < -0.39 is 11.7 Å². The minimum atomic E-state index is -0.450. The minimum absolute atomic E-state index is 0.368. The minimum Gasteiger partial charge on any atom is -0.465 e. The molecule has 0 amide bonds. The predicted octanol–water partition coefficient (Wildman–Crippen LogP) is 1.40. The number of methoxy groups -OCH3 is 1. The van der Waals surface area contributed by atoms with E-state index >= 15 is 0 Å². The standard InChI is InChI=1S/C11H11NO4/c1-3-12-8-5-4-7(10(13)15-2)6-9(8)16-11(12)14/h4-6H,3H2,1-2H3. The van der Waals surface area contributed by atoms with E-state index in [9.17, 15) is 9.59 Å². The first-order valence-electron chi connectivity index (χ1n) is 4.89. The number of aromatic nitrogens is 1. The smallest absolute Gasteiger partial charge is 0.419 e. The number of carbonyl (C=O) groups is 1. The molecule has 1 aromatic carbocycles. The normalized spacial score (nSPS) is 10.6. The van der Waals surface area contributed by atoms with E-state index in [1.54, 1.807) is 12.1 Å². The lowest BCUT2D eigenvalue weighted by Gasteiger charge is -1.99. The summed E-state index contributed by atoms with van der Waals surface area (Å²) in [5, 5.41) is 0. The number of ether oxygens (including phenoxy) is 1. The second kappa shape index (κ2) is 3.84. The van der Waals surface area contributed by atoms with Crippen LogP contribution in [0.5, 0.6) is 0 Å². The van der Waals surface area contributed by atoms with Gasteiger partial charge in [0, 0.05) is 6.54 Å². The van der Waals surface area contributed by atoms with Crippen molar-refractivity contribution < 1.29 is 13.9 Å². The van der Waals surface area contributed by atoms with Gasteiger partial charge in [-0.3, -0.25) is 4.57 Å². The molecule has 1 aromatic heterocycles. The highest BCUT2D eigenvalue weighted by atomic mass is 16.5. The van der Waals surface area contributed by atoms with Gasteiger partial charge in [0.2, 0.25) is 0 Å². The van der Waals surface area contributed by atoms with E-state index in [0.29, 0.717) is 23.2 Å². The summed E-state index contributed by atoms with van der Waals surface area (Å²) >= 11 is 0. The van der Waals surface area contributed by atoms with Crippen LogP contribution >= 0.6 is 0 Å². The molecule has 0 aliphatic heterocycles. The van der Waals surface area contributed by atoms with E-state index in [0.717, 1.165) is 0 Å². The number of rotatable bonds is 2. The van der Waals surface area contributed by atoms with Crippen LogP contribution in [0.3, 0.4) is 0 Å². The topological polar surface area (TPSA) is 61.4 Å². The fraction of sp³-hybridized carbons (Fsp3) is 0.273. The second-order valence-electron chi connectivity index (χ2n) is 3.29. The van der Waals surface area contributed by atoms with Crippen molar-refractivity contribution in [2.24, 2.45) is 0 Å². The van der Waals surface area contributed by atoms with Gasteiger partial charge in [0.15, 0.2) is 5.58 Å². The lowest BCUT2D eigenvalue weighted by molar-refractivity contribution is 0.0601. The Balaban J connectivity index is 2.65. The zero-order valence-electron chi connectivity index (χ0n) is 9.02. The molecule has 0 radical (unpaired) electrons. The van der Waals surface area contributed by atoms with Gasteiger partial charge in [0.05, 0.1) is 18.2 Å². The quantitative estimate of drug-likeness (QED) is 0.719. The monoisotopic (exact) mass is 221 g/mol. The lowest BCUT2D eigenvalue weighted by atomic mass is 10.2. The molecule has 0 N–H and O–H groups in total. The van der Waals surface area contributed by atoms with Gasteiger partial charge >= 0.3 is 11.7 Å². The van der Waals surface area contributed by atoms with Crippen molar-refractivity contribution in [2.45, 2.75) is 13.5 Å². The maximum absolute atomic E-state index is 11.4. The van der Waals surface area contributed by atoms with Crippen LogP contribution in [0.2, 0.25) is 0 Å². The summed E-state index contributed by atoms with van der Waals surface area (Å²) < 4.78 is 11.1. The molecule has 5 heteroatoms. The van der Waals surface area contributed by atoms with E-state index in [4.69, 9.17) is 4.42 Å². The van der Waals surface area contributed by atoms with Crippen LogP contribution < -0.4 is 5.76 Å². The number of esters is 1. The summed E-state index contributed by atoms with van der Waals surface area (Å²) in [7, 11) is 1.31. The van der Waals surface area contributed by atoms with Gasteiger partial charge in [0.1, 0.15) is 0 Å². The Labute approximate surface area is 91.2 Å². The number of hydrogen-bond donors (Lipinski definition) is 0. The molecule has 1 heterocycles. The first-order valence-corrected chi connectivity index (χ1v) is 4.89. The van der Waals surface area contributed by atoms with E-state index in [2.05, 4.69) is 4.74 Å². The molecule has 2 aromatic rings. The molecule has 0 atom stereocenters. The summed E-state index contributed by atoms with van der Waals surface area (Å²) in [6.45, 7) is 2.38. The van der Waals surface area contributed by atoms with Crippen LogP contribution in [-0.4, -0.2) is 17.6 Å². The molecular formula is C11H11NO4. The van der Waals surface area contributed by atoms with Crippen molar-refractivity contribution in [1.82, 2.24) is 4.57 Å². The molecule has 0 bridgehead atoms. The van der Waals surface area contributed by atoms with Crippen molar-refractivity contribution >= 4 is 17.1 Å². The first-order chi connectivity index (χ1) is 7.67. The number of benzene rings is 1. The van der Waals surface area contributed by atoms with Crippen LogP contribution in [0.15, 0.2) is 27.4 Å². The Hall–Kier alpha value is -2.04. The Bertz CT molecular complexity index is 594. The highest BCUT2D eigenvalue weighted by Gasteiger charge is 2.11. The molecule has 0 saturated heterocycles. The van der Waals surface area contributed by atoms with Crippen LogP contribution in [0.25, 0.3) is 11.1 Å². The average Bonchev–Trinajstić information content (AvgIpc) is 2.62. The number of fused-ring (bicyclic) bond motifs is 1. The molecule has 0 aliphatic rings. The molecular weight excluding hydrogens is 210 g/mol. The van der Waals surface area contributed by atoms with Gasteiger partial charge in [0.25, 0.3) is 0 Å². The predicted molar refractivity (Wildman–Crippen MR) is 57.5 cm³/mol. The summed E-state index contributed by atoms with van der Waals surface area (Å²) in [6.07, 6.45) is 0. The molecule has 16 heavy (non-hydrogen) atoms. The third kappa shape index (κ3) is 1.50. The lowest BCUT2D eigenvalue weighted by Crippen LogP contribution is -2.11. The van der Waals surface area contributed by atoms with Gasteiger partial charge in [-0.2, -0.15) is 0 Å². The van der Waals surface area contributed by atoms with E-state index in [-0.39, 0.29) is 0 Å². The first kappa shape index (κ1) is 10.5. The van der Waals surface area contributed by atoms with E-state index in [1.807, 2.05) is 6.92 Å². The highest BCUT2D eigenvalue weighted by molar-refractivity contribution is 5.93. The SMILES string of the molecule is CCn1c(=O)oc2cc(C(=O)OC)ccc21. The maximum Gasteiger partial charge on any atom is 0.419 e. The van der Waals surface area contributed by atoms with Crippen LogP contribution in [0.4, 0.5) is 0 Å². The van der Waals surface area contributed by atoms with Crippen molar-refractivity contribution in [2.75, 3.05) is 7.11 Å². The summed E-state index contributed by atoms with van der Waals surface area (Å²) in [5.41, 5.74) is 1.45. The van der Waals surface area contributed by atoms with Gasteiger partial charge in [-0.1, -0.05) is 0 Å². The largest absolute Gasteiger partial charge is 0.465 e. The molecule has 0 aliphatic carbocycles. The zero-order chi connectivity index (χ0) is 11.7. The maximum atomic E-state index is 11.4. The zero-order valence-corrected chi connectivity index (χ0v) is 9.02. The van der Waals surface area contributed by atoms with Gasteiger partial charge < -0.3 is 9.15 Å². The van der Waals surface area contributed by atoms with Crippen LogP contribution in [0.1, 0.15) is 17.3 Å². The number of oxazole rings is 1. The number of nitrogens with zero attached hydrogens (tertiary/aromatic N) is 1. The molecule has 0 unspecified atom stereocenters. The molecule has 0 fully saturated rings. The van der Waals surface area contributed by atoms with Gasteiger partial charge in [-0.15, -0.1) is 0 Å². The van der Waals surface area contributed by atoms with Gasteiger partial charge in [-0.05, 0) is 25.1 Å². The molecule has 5 nitrogen and oxygen atoms in total. The molecule has 0 spiro atoms. The summed E-state index contributed by atoms with van der Waals surface area (Å²) in [5.74, 6) is -0.867. The van der Waals surface area contributed by atoms with Crippen molar-refractivity contribution in [3.63, 3.8) is 0 Å². The number of hydrogen-bond acceptors (Lipinski definition) is 4. The Kier molecular flexibility index (Phi) is 2.52. The number of aryl methyl sites for hydroxylation is 1. The Morgan fingerprint density at radius 2 is 2.25 bits per heavy atom. The molecule has 84 valence electrons. The fourth-order valence-electron chi connectivity index (χ4n) is 1.61. The molecule has 0 saturated carbocycles. The van der Waals surface area contributed by atoms with Crippen LogP contribution in [-0.2, 0) is 11.3 Å². The third-order valence-corrected chi connectivity index (χ3v) is 2.41. The fourth-order valence-corrected chi connectivity index (χ4v) is 1.61. The number of carbonyl (C=O) groups excluding carboxylic acids is 1. The van der Waals surface area contributed by atoms with Crippen molar-refractivity contribution in [1.29, 1.82) is 0 Å². The van der Waals surface area contributed by atoms with Crippen molar-refractivity contribution in [3.05, 3.63) is 34.3 Å². The third-order valence-electron chi connectivity index (χ3n) is 2.41. The second-order valence-corrected chi connectivity index (χ2v) is 3.29. The summed E-state index contributed by atoms with van der Waals surface area (Å²) in [6, 6.07) is 4.79. The Morgan fingerprint density at radius 3 is 2.88 bits per heavy atom. The van der Waals surface area contributed by atoms with Gasteiger partial charge in [-0.25, -0.2) is 9.59 Å². The Morgan fingerprint density at radius 1 is 1.50 bits per heavy atom. The average molecular weight is 221 g/mol. The van der Waals surface area contributed by atoms with Crippen molar-refractivity contribution in [3.8, 4) is 0 Å². The van der Waals surface area contributed by atoms with E-state index in [1.165, 1.54) is 17.7 Å². The molecule has 2 rings (SSSR count). The summed E-state index contributed by atoms with van der Waals surface area (Å²) in [4.78, 5) is 22.7. The van der Waals surface area contributed by atoms with Crippen LogP contribution in [0, 0.1) is 0 Å².